The Morgan fingerprint density at radius 3 is 2.32 bits per heavy atom. The molecule has 0 aromatic heterocycles. The molecule has 2 aromatic rings. The first kappa shape index (κ1) is 13.7. The van der Waals surface area contributed by atoms with E-state index in [9.17, 15) is 9.90 Å². The van der Waals surface area contributed by atoms with Crippen molar-refractivity contribution in [2.75, 3.05) is 0 Å². The summed E-state index contributed by atoms with van der Waals surface area (Å²) in [6.45, 7) is 5.47. The van der Waals surface area contributed by atoms with Crippen LogP contribution in [0.15, 0.2) is 35.2 Å². The number of ketones is 1. The molecule has 0 aliphatic rings. The summed E-state index contributed by atoms with van der Waals surface area (Å²) in [6, 6.07) is 8.97. The number of hydrogen-bond acceptors (Lipinski definition) is 3. The summed E-state index contributed by atoms with van der Waals surface area (Å²) < 4.78 is 0. The third-order valence-corrected chi connectivity index (χ3v) is 3.84. The number of hydrogen-bond donors (Lipinski definition) is 2. The van der Waals surface area contributed by atoms with Crippen LogP contribution in [-0.2, 0) is 0 Å². The molecule has 1 N–H and O–H groups in total. The fraction of sp³-hybridized carbons (Fsp3) is 0.188. The minimum Gasteiger partial charge on any atom is -0.507 e. The molecule has 2 aromatic carbocycles. The molecular formula is C16H16O2S. The lowest BCUT2D eigenvalue weighted by molar-refractivity contribution is 0.103. The molecule has 0 heterocycles. The number of carbonyl (C=O) groups excluding carboxylic acids is 1. The first-order chi connectivity index (χ1) is 8.93. The average molecular weight is 272 g/mol. The van der Waals surface area contributed by atoms with E-state index in [1.807, 2.05) is 26.0 Å². The lowest BCUT2D eigenvalue weighted by Gasteiger charge is -2.13. The van der Waals surface area contributed by atoms with Crippen molar-refractivity contribution in [3.05, 3.63) is 58.1 Å². The molecule has 0 spiro atoms. The minimum atomic E-state index is -0.0608. The summed E-state index contributed by atoms with van der Waals surface area (Å²) in [6.07, 6.45) is 0. The van der Waals surface area contributed by atoms with Crippen LogP contribution in [0.4, 0.5) is 0 Å². The monoisotopic (exact) mass is 272 g/mol. The van der Waals surface area contributed by atoms with Crippen molar-refractivity contribution in [1.29, 1.82) is 0 Å². The van der Waals surface area contributed by atoms with E-state index in [1.54, 1.807) is 25.1 Å². The van der Waals surface area contributed by atoms with Gasteiger partial charge in [0.05, 0.1) is 0 Å². The van der Waals surface area contributed by atoms with Gasteiger partial charge in [-0.05, 0) is 55.7 Å². The molecular weight excluding hydrogens is 256 g/mol. The summed E-state index contributed by atoms with van der Waals surface area (Å²) in [4.78, 5) is 13.2. The van der Waals surface area contributed by atoms with Crippen molar-refractivity contribution in [3.8, 4) is 5.75 Å². The molecule has 0 amide bonds. The summed E-state index contributed by atoms with van der Waals surface area (Å²) in [5.41, 5.74) is 3.47. The Hall–Kier alpha value is -1.74. The summed E-state index contributed by atoms with van der Waals surface area (Å²) in [5.74, 6) is 0.197. The first-order valence-corrected chi connectivity index (χ1v) is 6.50. The highest BCUT2D eigenvalue weighted by Gasteiger charge is 2.17. The Morgan fingerprint density at radius 1 is 1.05 bits per heavy atom. The molecule has 0 aliphatic carbocycles. The second-order valence-electron chi connectivity index (χ2n) is 4.69. The van der Waals surface area contributed by atoms with Gasteiger partial charge in [-0.25, -0.2) is 0 Å². The van der Waals surface area contributed by atoms with Crippen molar-refractivity contribution in [2.24, 2.45) is 0 Å². The lowest BCUT2D eigenvalue weighted by Crippen LogP contribution is -2.06. The standard InChI is InChI=1S/C16H16O2S/c1-9-8-13(10(2)11(3)15(9)17)16(18)12-6-4-5-7-14(12)19/h4-8,17,19H,1-3H3. The third-order valence-electron chi connectivity index (χ3n) is 3.45. The fourth-order valence-electron chi connectivity index (χ4n) is 2.12. The summed E-state index contributed by atoms with van der Waals surface area (Å²) >= 11 is 4.32. The van der Waals surface area contributed by atoms with E-state index < -0.39 is 0 Å². The predicted molar refractivity (Wildman–Crippen MR) is 79.4 cm³/mol. The van der Waals surface area contributed by atoms with E-state index in [-0.39, 0.29) is 11.5 Å². The Kier molecular flexibility index (Phi) is 3.67. The van der Waals surface area contributed by atoms with E-state index in [1.165, 1.54) is 0 Å². The Morgan fingerprint density at radius 2 is 1.68 bits per heavy atom. The highest BCUT2D eigenvalue weighted by molar-refractivity contribution is 7.80. The predicted octanol–water partition coefficient (Wildman–Crippen LogP) is 3.84. The van der Waals surface area contributed by atoms with E-state index in [0.717, 1.165) is 11.1 Å². The van der Waals surface area contributed by atoms with Gasteiger partial charge in [-0.2, -0.15) is 0 Å². The van der Waals surface area contributed by atoms with Gasteiger partial charge in [0, 0.05) is 16.0 Å². The average Bonchev–Trinajstić information content (AvgIpc) is 2.40. The number of aromatic hydroxyl groups is 1. The number of aryl methyl sites for hydroxylation is 1. The van der Waals surface area contributed by atoms with Crippen molar-refractivity contribution in [3.63, 3.8) is 0 Å². The zero-order chi connectivity index (χ0) is 14.2. The van der Waals surface area contributed by atoms with Crippen LogP contribution in [0, 0.1) is 20.8 Å². The zero-order valence-electron chi connectivity index (χ0n) is 11.2. The van der Waals surface area contributed by atoms with Gasteiger partial charge in [0.2, 0.25) is 0 Å². The van der Waals surface area contributed by atoms with E-state index in [0.29, 0.717) is 21.6 Å². The second kappa shape index (κ2) is 5.10. The van der Waals surface area contributed by atoms with Crippen molar-refractivity contribution < 1.29 is 9.90 Å². The maximum atomic E-state index is 12.6. The molecule has 0 saturated carbocycles. The molecule has 0 radical (unpaired) electrons. The molecule has 19 heavy (non-hydrogen) atoms. The van der Waals surface area contributed by atoms with Gasteiger partial charge >= 0.3 is 0 Å². The number of carbonyl (C=O) groups is 1. The molecule has 98 valence electrons. The van der Waals surface area contributed by atoms with Gasteiger partial charge in [-0.15, -0.1) is 12.6 Å². The quantitative estimate of drug-likeness (QED) is 0.644. The Balaban J connectivity index is 2.61. The summed E-state index contributed by atoms with van der Waals surface area (Å²) in [7, 11) is 0. The maximum Gasteiger partial charge on any atom is 0.194 e. The van der Waals surface area contributed by atoms with Gasteiger partial charge in [0.15, 0.2) is 5.78 Å². The number of thiol groups is 1. The van der Waals surface area contributed by atoms with Gasteiger partial charge in [-0.1, -0.05) is 12.1 Å². The number of rotatable bonds is 2. The normalized spacial score (nSPS) is 10.5. The molecule has 0 bridgehead atoms. The van der Waals surface area contributed by atoms with Crippen LogP contribution in [0.5, 0.6) is 5.75 Å². The molecule has 0 saturated heterocycles. The number of phenolic OH excluding ortho intramolecular Hbond substituents is 1. The van der Waals surface area contributed by atoms with E-state index in [4.69, 9.17) is 0 Å². The van der Waals surface area contributed by atoms with Crippen molar-refractivity contribution in [1.82, 2.24) is 0 Å². The molecule has 2 rings (SSSR count). The van der Waals surface area contributed by atoms with Crippen LogP contribution in [0.2, 0.25) is 0 Å². The smallest absolute Gasteiger partial charge is 0.194 e. The highest BCUT2D eigenvalue weighted by Crippen LogP contribution is 2.29. The SMILES string of the molecule is Cc1cc(C(=O)c2ccccc2S)c(C)c(C)c1O. The Labute approximate surface area is 118 Å². The van der Waals surface area contributed by atoms with Crippen LogP contribution in [0.1, 0.15) is 32.6 Å². The van der Waals surface area contributed by atoms with E-state index >= 15 is 0 Å². The zero-order valence-corrected chi connectivity index (χ0v) is 12.1. The van der Waals surface area contributed by atoms with Crippen LogP contribution in [0.3, 0.4) is 0 Å². The first-order valence-electron chi connectivity index (χ1n) is 6.06. The van der Waals surface area contributed by atoms with Crippen molar-refractivity contribution in [2.45, 2.75) is 25.7 Å². The highest BCUT2D eigenvalue weighted by atomic mass is 32.1. The van der Waals surface area contributed by atoms with Gasteiger partial charge in [-0.3, -0.25) is 4.79 Å². The van der Waals surface area contributed by atoms with Gasteiger partial charge in [0.1, 0.15) is 5.75 Å². The molecule has 0 fully saturated rings. The summed E-state index contributed by atoms with van der Waals surface area (Å²) in [5, 5.41) is 9.89. The minimum absolute atomic E-state index is 0.0608. The largest absolute Gasteiger partial charge is 0.507 e. The topological polar surface area (TPSA) is 37.3 Å². The van der Waals surface area contributed by atoms with Crippen LogP contribution in [-0.4, -0.2) is 10.9 Å². The molecule has 3 heteroatoms. The molecule has 0 unspecified atom stereocenters. The van der Waals surface area contributed by atoms with Crippen LogP contribution >= 0.6 is 12.6 Å². The van der Waals surface area contributed by atoms with Gasteiger partial charge in [0.25, 0.3) is 0 Å². The Bertz CT molecular complexity index is 660. The third kappa shape index (κ3) is 2.38. The molecule has 0 aliphatic heterocycles. The molecule has 0 atom stereocenters. The van der Waals surface area contributed by atoms with Crippen LogP contribution < -0.4 is 0 Å². The number of benzene rings is 2. The maximum absolute atomic E-state index is 12.6. The van der Waals surface area contributed by atoms with Gasteiger partial charge < -0.3 is 5.11 Å². The molecule has 2 nitrogen and oxygen atoms in total. The number of phenols is 1. The fourth-order valence-corrected chi connectivity index (χ4v) is 2.38. The van der Waals surface area contributed by atoms with Crippen molar-refractivity contribution >= 4 is 18.4 Å². The van der Waals surface area contributed by atoms with E-state index in [2.05, 4.69) is 12.6 Å². The second-order valence-corrected chi connectivity index (χ2v) is 5.17. The van der Waals surface area contributed by atoms with Crippen LogP contribution in [0.25, 0.3) is 0 Å². The lowest BCUT2D eigenvalue weighted by atomic mass is 9.93.